The van der Waals surface area contributed by atoms with Crippen molar-refractivity contribution in [2.75, 3.05) is 11.9 Å². The van der Waals surface area contributed by atoms with Gasteiger partial charge in [-0.3, -0.25) is 0 Å². The summed E-state index contributed by atoms with van der Waals surface area (Å²) in [6.45, 7) is 3.27. The third kappa shape index (κ3) is 5.47. The van der Waals surface area contributed by atoms with E-state index in [0.29, 0.717) is 5.82 Å². The molecule has 0 radical (unpaired) electrons. The van der Waals surface area contributed by atoms with Crippen LogP contribution in [0.4, 0.5) is 5.00 Å². The van der Waals surface area contributed by atoms with Gasteiger partial charge in [-0.2, -0.15) is 4.98 Å². The second kappa shape index (κ2) is 10.2. The molecule has 0 bridgehead atoms. The number of hydrogen-bond donors (Lipinski definition) is 3. The summed E-state index contributed by atoms with van der Waals surface area (Å²) >= 11 is 14.4. The SMILES string of the molecule is CCCCNc1sc2ccccc2c1Br.S=c1nc(-c2ccc(S)cc2)[nH]o1. The van der Waals surface area contributed by atoms with Gasteiger partial charge in [0.15, 0.2) is 5.82 Å². The fourth-order valence-corrected chi connectivity index (χ4v) is 4.64. The fraction of sp³-hybridized carbons (Fsp3) is 0.200. The van der Waals surface area contributed by atoms with Gasteiger partial charge in [-0.15, -0.1) is 24.0 Å². The van der Waals surface area contributed by atoms with Crippen molar-refractivity contribution < 1.29 is 4.52 Å². The highest BCUT2D eigenvalue weighted by molar-refractivity contribution is 9.10. The summed E-state index contributed by atoms with van der Waals surface area (Å²) in [4.78, 5) is 5.10. The number of halogens is 1. The van der Waals surface area contributed by atoms with Crippen LogP contribution in [0.3, 0.4) is 0 Å². The Balaban J connectivity index is 0.000000162. The molecule has 0 saturated carbocycles. The van der Waals surface area contributed by atoms with E-state index >= 15 is 0 Å². The van der Waals surface area contributed by atoms with Crippen LogP contribution >= 0.6 is 52.1 Å². The molecular weight excluding hydrogens is 474 g/mol. The molecule has 0 unspecified atom stereocenters. The van der Waals surface area contributed by atoms with Gasteiger partial charge in [0.25, 0.3) is 0 Å². The number of thiophene rings is 1. The molecule has 4 aromatic rings. The predicted octanol–water partition coefficient (Wildman–Crippen LogP) is 7.56. The second-order valence-electron chi connectivity index (χ2n) is 6.00. The van der Waals surface area contributed by atoms with Crippen LogP contribution in [-0.4, -0.2) is 16.7 Å². The van der Waals surface area contributed by atoms with Crippen LogP contribution in [-0.2, 0) is 0 Å². The van der Waals surface area contributed by atoms with Crippen LogP contribution in [0.25, 0.3) is 21.5 Å². The maximum Gasteiger partial charge on any atom is 0.314 e. The number of H-pyrrole nitrogens is 1. The molecule has 0 atom stereocenters. The lowest BCUT2D eigenvalue weighted by Gasteiger charge is -2.01. The Morgan fingerprint density at radius 2 is 1.96 bits per heavy atom. The summed E-state index contributed by atoms with van der Waals surface area (Å²) in [5.74, 6) is 0.637. The van der Waals surface area contributed by atoms with Gasteiger partial charge in [-0.05, 0) is 52.8 Å². The number of benzene rings is 2. The lowest BCUT2D eigenvalue weighted by atomic mass is 10.2. The van der Waals surface area contributed by atoms with Crippen molar-refractivity contribution in [3.63, 3.8) is 0 Å². The zero-order valence-corrected chi connectivity index (χ0v) is 19.4. The summed E-state index contributed by atoms with van der Waals surface area (Å²) in [6.07, 6.45) is 2.45. The number of nitrogens with zero attached hydrogens (tertiary/aromatic N) is 1. The Morgan fingerprint density at radius 1 is 1.21 bits per heavy atom. The minimum atomic E-state index is 0.213. The van der Waals surface area contributed by atoms with E-state index in [0.717, 1.165) is 17.0 Å². The first-order chi connectivity index (χ1) is 13.6. The average Bonchev–Trinajstić information content (AvgIpc) is 3.27. The Bertz CT molecular complexity index is 1090. The third-order valence-electron chi connectivity index (χ3n) is 3.93. The van der Waals surface area contributed by atoms with E-state index in [-0.39, 0.29) is 4.84 Å². The van der Waals surface area contributed by atoms with Crippen molar-refractivity contribution >= 4 is 67.2 Å². The van der Waals surface area contributed by atoms with Gasteiger partial charge in [0.05, 0.1) is 4.47 Å². The van der Waals surface area contributed by atoms with Crippen molar-refractivity contribution in [1.82, 2.24) is 10.1 Å². The normalized spacial score (nSPS) is 10.5. The molecule has 0 aliphatic heterocycles. The third-order valence-corrected chi connectivity index (χ3v) is 6.62. The minimum Gasteiger partial charge on any atom is -0.376 e. The number of unbranched alkanes of at least 4 members (excludes halogenated alkanes) is 1. The predicted molar refractivity (Wildman–Crippen MR) is 127 cm³/mol. The summed E-state index contributed by atoms with van der Waals surface area (Å²) in [6, 6.07) is 16.0. The lowest BCUT2D eigenvalue weighted by Crippen LogP contribution is -1.98. The van der Waals surface area contributed by atoms with Gasteiger partial charge in [0.1, 0.15) is 5.00 Å². The van der Waals surface area contributed by atoms with Crippen molar-refractivity contribution in [2.45, 2.75) is 24.7 Å². The fourth-order valence-electron chi connectivity index (χ4n) is 2.48. The summed E-state index contributed by atoms with van der Waals surface area (Å²) in [5, 5.41) is 8.66. The Labute approximate surface area is 186 Å². The number of aromatic nitrogens is 2. The zero-order chi connectivity index (χ0) is 19.9. The van der Waals surface area contributed by atoms with Crippen LogP contribution in [0.2, 0.25) is 0 Å². The quantitative estimate of drug-likeness (QED) is 0.152. The van der Waals surface area contributed by atoms with E-state index in [1.807, 2.05) is 35.6 Å². The highest BCUT2D eigenvalue weighted by Gasteiger charge is 2.07. The Kier molecular flexibility index (Phi) is 7.73. The molecule has 0 amide bonds. The van der Waals surface area contributed by atoms with Crippen LogP contribution in [0.5, 0.6) is 0 Å². The highest BCUT2D eigenvalue weighted by atomic mass is 79.9. The topological polar surface area (TPSA) is 53.9 Å². The van der Waals surface area contributed by atoms with Crippen LogP contribution in [0.1, 0.15) is 19.8 Å². The number of aromatic amines is 1. The molecule has 0 spiro atoms. The number of fused-ring (bicyclic) bond motifs is 1. The van der Waals surface area contributed by atoms with Crippen molar-refractivity contribution in [1.29, 1.82) is 0 Å². The number of hydrogen-bond acceptors (Lipinski definition) is 6. The Hall–Kier alpha value is -1.61. The first kappa shape index (κ1) is 21.1. The molecule has 0 aliphatic rings. The summed E-state index contributed by atoms with van der Waals surface area (Å²) < 4.78 is 7.35. The lowest BCUT2D eigenvalue weighted by molar-refractivity contribution is 0.406. The van der Waals surface area contributed by atoms with Crippen LogP contribution in [0, 0.1) is 4.84 Å². The first-order valence-corrected chi connectivity index (χ1v) is 11.3. The smallest absolute Gasteiger partial charge is 0.314 e. The van der Waals surface area contributed by atoms with Gasteiger partial charge in [0, 0.05) is 27.1 Å². The van der Waals surface area contributed by atoms with E-state index in [1.165, 1.54) is 32.4 Å². The summed E-state index contributed by atoms with van der Waals surface area (Å²) in [5.41, 5.74) is 0.928. The van der Waals surface area contributed by atoms with Crippen molar-refractivity contribution in [3.8, 4) is 11.4 Å². The maximum atomic E-state index is 4.81. The van der Waals surface area contributed by atoms with E-state index in [1.54, 1.807) is 0 Å². The largest absolute Gasteiger partial charge is 0.376 e. The van der Waals surface area contributed by atoms with Gasteiger partial charge >= 0.3 is 4.84 Å². The monoisotopic (exact) mass is 493 g/mol. The molecule has 146 valence electrons. The molecule has 2 aromatic heterocycles. The number of rotatable bonds is 5. The van der Waals surface area contributed by atoms with E-state index in [9.17, 15) is 0 Å². The standard InChI is InChI=1S/C12H14BrNS.C8H6N2OS2/c1-2-3-8-14-12-11(13)9-6-4-5-7-10(9)15-12;12-6-3-1-5(2-4-6)7-9-8(13)11-10-7/h4-7,14H,2-3,8H2,1H3;1-4,12H,(H,9,10,13). The first-order valence-electron chi connectivity index (χ1n) is 8.84. The zero-order valence-electron chi connectivity index (χ0n) is 15.2. The molecule has 2 heterocycles. The molecule has 4 nitrogen and oxygen atoms in total. The molecule has 28 heavy (non-hydrogen) atoms. The minimum absolute atomic E-state index is 0.213. The molecule has 8 heteroatoms. The molecule has 2 aromatic carbocycles. The average molecular weight is 495 g/mol. The molecular formula is C20H20BrN3OS3. The van der Waals surface area contributed by atoms with Gasteiger partial charge in [0.2, 0.25) is 0 Å². The maximum absolute atomic E-state index is 4.81. The van der Waals surface area contributed by atoms with E-state index in [4.69, 9.17) is 16.7 Å². The van der Waals surface area contributed by atoms with Crippen LogP contribution < -0.4 is 5.32 Å². The highest BCUT2D eigenvalue weighted by Crippen LogP contribution is 2.39. The second-order valence-corrected chi connectivity index (χ2v) is 8.71. The molecule has 0 saturated heterocycles. The number of anilines is 1. The van der Waals surface area contributed by atoms with Crippen LogP contribution in [0.15, 0.2) is 62.4 Å². The number of nitrogens with one attached hydrogen (secondary N) is 2. The number of thiol groups is 1. The van der Waals surface area contributed by atoms with Crippen molar-refractivity contribution in [2.24, 2.45) is 0 Å². The van der Waals surface area contributed by atoms with Crippen molar-refractivity contribution in [3.05, 3.63) is 57.8 Å². The van der Waals surface area contributed by atoms with Gasteiger partial charge < -0.3 is 9.84 Å². The van der Waals surface area contributed by atoms with Gasteiger partial charge in [-0.25, -0.2) is 5.16 Å². The molecule has 0 fully saturated rings. The van der Waals surface area contributed by atoms with E-state index < -0.39 is 0 Å². The van der Waals surface area contributed by atoms with E-state index in [2.05, 4.69) is 75.2 Å². The summed E-state index contributed by atoms with van der Waals surface area (Å²) in [7, 11) is 0. The molecule has 0 aliphatic carbocycles. The molecule has 4 rings (SSSR count). The molecule has 2 N–H and O–H groups in total. The Morgan fingerprint density at radius 3 is 2.61 bits per heavy atom. The van der Waals surface area contributed by atoms with Gasteiger partial charge in [-0.1, -0.05) is 43.7 Å².